The zero-order valence-corrected chi connectivity index (χ0v) is 12.1. The van der Waals surface area contributed by atoms with E-state index in [1.807, 2.05) is 0 Å². The van der Waals surface area contributed by atoms with Gasteiger partial charge in [-0.2, -0.15) is 0 Å². The average molecular weight is 268 g/mol. The SMILES string of the molecule is CN1C(=O)N(C(C)(C)C(=O)O)CC1C1CCCCC1. The van der Waals surface area contributed by atoms with Crippen molar-refractivity contribution in [3.63, 3.8) is 0 Å². The average Bonchev–Trinajstić information content (AvgIpc) is 2.68. The lowest BCUT2D eigenvalue weighted by Crippen LogP contribution is -2.51. The van der Waals surface area contributed by atoms with Gasteiger partial charge >= 0.3 is 12.0 Å². The molecule has 1 N–H and O–H groups in total. The molecule has 2 fully saturated rings. The zero-order chi connectivity index (χ0) is 14.2. The van der Waals surface area contributed by atoms with E-state index in [1.54, 1.807) is 25.8 Å². The summed E-state index contributed by atoms with van der Waals surface area (Å²) in [6.07, 6.45) is 6.05. The van der Waals surface area contributed by atoms with Crippen molar-refractivity contribution in [3.05, 3.63) is 0 Å². The Balaban J connectivity index is 2.14. The predicted octanol–water partition coefficient (Wildman–Crippen LogP) is 2.17. The Bertz CT molecular complexity index is 375. The van der Waals surface area contributed by atoms with Gasteiger partial charge in [0.1, 0.15) is 5.54 Å². The fourth-order valence-corrected chi connectivity index (χ4v) is 3.29. The van der Waals surface area contributed by atoms with Crippen molar-refractivity contribution in [1.82, 2.24) is 9.80 Å². The number of nitrogens with zero attached hydrogens (tertiary/aromatic N) is 2. The molecule has 1 aliphatic carbocycles. The molecule has 2 aliphatic rings. The molecular weight excluding hydrogens is 244 g/mol. The van der Waals surface area contributed by atoms with Crippen LogP contribution >= 0.6 is 0 Å². The van der Waals surface area contributed by atoms with Crippen LogP contribution in [0.4, 0.5) is 4.79 Å². The monoisotopic (exact) mass is 268 g/mol. The van der Waals surface area contributed by atoms with E-state index in [2.05, 4.69) is 0 Å². The molecule has 1 heterocycles. The third-order valence-electron chi connectivity index (χ3n) is 4.79. The number of carboxylic acid groups (broad SMARTS) is 1. The second-order valence-corrected chi connectivity index (χ2v) is 6.33. The van der Waals surface area contributed by atoms with E-state index in [0.29, 0.717) is 12.5 Å². The van der Waals surface area contributed by atoms with Gasteiger partial charge in [0.05, 0.1) is 6.04 Å². The van der Waals surface area contributed by atoms with Gasteiger partial charge in [0.15, 0.2) is 0 Å². The molecular formula is C14H24N2O3. The third kappa shape index (κ3) is 2.42. The Morgan fingerprint density at radius 1 is 1.26 bits per heavy atom. The highest BCUT2D eigenvalue weighted by Crippen LogP contribution is 2.34. The summed E-state index contributed by atoms with van der Waals surface area (Å²) in [5.41, 5.74) is -1.13. The number of hydrogen-bond donors (Lipinski definition) is 1. The number of rotatable bonds is 3. The van der Waals surface area contributed by atoms with E-state index < -0.39 is 11.5 Å². The van der Waals surface area contributed by atoms with Crippen molar-refractivity contribution in [2.75, 3.05) is 13.6 Å². The maximum Gasteiger partial charge on any atom is 0.329 e. The Morgan fingerprint density at radius 2 is 1.84 bits per heavy atom. The van der Waals surface area contributed by atoms with E-state index in [-0.39, 0.29) is 12.1 Å². The van der Waals surface area contributed by atoms with Crippen LogP contribution in [-0.4, -0.2) is 52.1 Å². The topological polar surface area (TPSA) is 60.9 Å². The minimum atomic E-state index is -1.13. The first-order valence-electron chi connectivity index (χ1n) is 7.13. The Labute approximate surface area is 114 Å². The van der Waals surface area contributed by atoms with Crippen LogP contribution in [0.5, 0.6) is 0 Å². The summed E-state index contributed by atoms with van der Waals surface area (Å²) in [6, 6.07) is 0.0226. The summed E-state index contributed by atoms with van der Waals surface area (Å²) < 4.78 is 0. The van der Waals surface area contributed by atoms with E-state index in [0.717, 1.165) is 12.8 Å². The first-order chi connectivity index (χ1) is 8.85. The smallest absolute Gasteiger partial charge is 0.329 e. The van der Waals surface area contributed by atoms with Crippen molar-refractivity contribution in [3.8, 4) is 0 Å². The molecule has 1 saturated heterocycles. The van der Waals surface area contributed by atoms with E-state index in [9.17, 15) is 14.7 Å². The molecule has 108 valence electrons. The predicted molar refractivity (Wildman–Crippen MR) is 71.9 cm³/mol. The number of carboxylic acids is 1. The maximum absolute atomic E-state index is 12.3. The molecule has 2 amide bonds. The van der Waals surface area contributed by atoms with Crippen LogP contribution in [0.2, 0.25) is 0 Å². The van der Waals surface area contributed by atoms with Gasteiger partial charge in [-0.05, 0) is 32.6 Å². The molecule has 1 saturated carbocycles. The van der Waals surface area contributed by atoms with Gasteiger partial charge in [-0.25, -0.2) is 9.59 Å². The molecule has 0 aromatic rings. The molecule has 0 aromatic heterocycles. The fourth-order valence-electron chi connectivity index (χ4n) is 3.29. The second-order valence-electron chi connectivity index (χ2n) is 6.33. The molecule has 5 nitrogen and oxygen atoms in total. The van der Waals surface area contributed by atoms with E-state index in [4.69, 9.17) is 0 Å². The molecule has 2 rings (SSSR count). The lowest BCUT2D eigenvalue weighted by molar-refractivity contribution is -0.147. The Hall–Kier alpha value is -1.26. The standard InChI is InChI=1S/C14H24N2O3/c1-14(2,12(17)18)16-9-11(15(3)13(16)19)10-7-5-4-6-8-10/h10-11H,4-9H2,1-3H3,(H,17,18). The van der Waals surface area contributed by atoms with Crippen LogP contribution in [0, 0.1) is 5.92 Å². The summed E-state index contributed by atoms with van der Waals surface area (Å²) in [4.78, 5) is 26.9. The number of urea groups is 1. The zero-order valence-electron chi connectivity index (χ0n) is 12.1. The number of amides is 2. The highest BCUT2D eigenvalue weighted by molar-refractivity contribution is 5.87. The first-order valence-corrected chi connectivity index (χ1v) is 7.13. The summed E-state index contributed by atoms with van der Waals surface area (Å²) in [7, 11) is 1.81. The number of hydrogen-bond acceptors (Lipinski definition) is 2. The quantitative estimate of drug-likeness (QED) is 0.853. The van der Waals surface area contributed by atoms with Gasteiger partial charge in [0.25, 0.3) is 0 Å². The number of aliphatic carboxylic acids is 1. The van der Waals surface area contributed by atoms with Gasteiger partial charge in [-0.1, -0.05) is 19.3 Å². The summed E-state index contributed by atoms with van der Waals surface area (Å²) in [6.45, 7) is 3.74. The van der Waals surface area contributed by atoms with Crippen molar-refractivity contribution < 1.29 is 14.7 Å². The lowest BCUT2D eigenvalue weighted by atomic mass is 9.83. The number of carbonyl (C=O) groups excluding carboxylic acids is 1. The minimum absolute atomic E-state index is 0.150. The summed E-state index contributed by atoms with van der Waals surface area (Å²) in [5, 5.41) is 9.29. The number of carbonyl (C=O) groups is 2. The van der Waals surface area contributed by atoms with Crippen molar-refractivity contribution >= 4 is 12.0 Å². The first kappa shape index (κ1) is 14.2. The number of likely N-dealkylation sites (N-methyl/N-ethyl adjacent to an activating group) is 1. The van der Waals surface area contributed by atoms with Crippen molar-refractivity contribution in [1.29, 1.82) is 0 Å². The van der Waals surface area contributed by atoms with Crippen LogP contribution in [0.3, 0.4) is 0 Å². The normalized spacial score (nSPS) is 26.1. The van der Waals surface area contributed by atoms with Crippen LogP contribution in [0.25, 0.3) is 0 Å². The van der Waals surface area contributed by atoms with Crippen LogP contribution in [0.15, 0.2) is 0 Å². The molecule has 1 aliphatic heterocycles. The van der Waals surface area contributed by atoms with Crippen molar-refractivity contribution in [2.24, 2.45) is 5.92 Å². The molecule has 1 unspecified atom stereocenters. The van der Waals surface area contributed by atoms with E-state index in [1.165, 1.54) is 24.2 Å². The molecule has 5 heteroatoms. The fraction of sp³-hybridized carbons (Fsp3) is 0.857. The van der Waals surface area contributed by atoms with Gasteiger partial charge in [-0.15, -0.1) is 0 Å². The largest absolute Gasteiger partial charge is 0.480 e. The van der Waals surface area contributed by atoms with Gasteiger partial charge < -0.3 is 14.9 Å². The second kappa shape index (κ2) is 5.02. The molecule has 0 spiro atoms. The van der Waals surface area contributed by atoms with Crippen LogP contribution < -0.4 is 0 Å². The molecule has 0 aromatic carbocycles. The minimum Gasteiger partial charge on any atom is -0.480 e. The van der Waals surface area contributed by atoms with Gasteiger partial charge in [0, 0.05) is 13.6 Å². The Kier molecular flexibility index (Phi) is 3.74. The molecule has 19 heavy (non-hydrogen) atoms. The van der Waals surface area contributed by atoms with Gasteiger partial charge in [0.2, 0.25) is 0 Å². The van der Waals surface area contributed by atoms with Crippen LogP contribution in [-0.2, 0) is 4.79 Å². The molecule has 1 atom stereocenters. The Morgan fingerprint density at radius 3 is 2.37 bits per heavy atom. The highest BCUT2D eigenvalue weighted by atomic mass is 16.4. The maximum atomic E-state index is 12.3. The van der Waals surface area contributed by atoms with Crippen LogP contribution in [0.1, 0.15) is 46.0 Å². The highest BCUT2D eigenvalue weighted by Gasteiger charge is 2.48. The molecule has 0 bridgehead atoms. The summed E-state index contributed by atoms with van der Waals surface area (Å²) >= 11 is 0. The lowest BCUT2D eigenvalue weighted by Gasteiger charge is -2.31. The third-order valence-corrected chi connectivity index (χ3v) is 4.79. The van der Waals surface area contributed by atoms with Gasteiger partial charge in [-0.3, -0.25) is 0 Å². The van der Waals surface area contributed by atoms with E-state index >= 15 is 0 Å². The summed E-state index contributed by atoms with van der Waals surface area (Å²) in [5.74, 6) is -0.421. The molecule has 0 radical (unpaired) electrons. The van der Waals surface area contributed by atoms with Crippen molar-refractivity contribution in [2.45, 2.75) is 57.5 Å².